The lowest BCUT2D eigenvalue weighted by molar-refractivity contribution is 0.0177. The summed E-state index contributed by atoms with van der Waals surface area (Å²) in [5.41, 5.74) is -0.0881. The Hall–Kier alpha value is -0.340. The van der Waals surface area contributed by atoms with Crippen LogP contribution in [-0.2, 0) is 18.5 Å². The van der Waals surface area contributed by atoms with E-state index in [1.165, 1.54) is 12.1 Å². The highest BCUT2D eigenvalue weighted by Crippen LogP contribution is 2.32. The van der Waals surface area contributed by atoms with Crippen LogP contribution in [-0.4, -0.2) is 33.7 Å². The second kappa shape index (κ2) is 7.78. The first kappa shape index (κ1) is 18.7. The Kier molecular flexibility index (Phi) is 6.93. The van der Waals surface area contributed by atoms with Gasteiger partial charge in [-0.05, 0) is 26.0 Å². The Balaban J connectivity index is 2.93. The van der Waals surface area contributed by atoms with Gasteiger partial charge >= 0.3 is 5.97 Å². The SMILES string of the molecule is CC(C)OCCOC(=O)c1cc(Br)cc(S(=O)(=O)Cl)c1Cl. The molecule has 21 heavy (non-hydrogen) atoms. The van der Waals surface area contributed by atoms with E-state index in [0.717, 1.165) is 0 Å². The van der Waals surface area contributed by atoms with E-state index in [9.17, 15) is 13.2 Å². The lowest BCUT2D eigenvalue weighted by Gasteiger charge is -2.10. The maximum absolute atomic E-state index is 11.9. The minimum Gasteiger partial charge on any atom is -0.460 e. The number of hydrogen-bond donors (Lipinski definition) is 0. The summed E-state index contributed by atoms with van der Waals surface area (Å²) in [4.78, 5) is 11.6. The fraction of sp³-hybridized carbons (Fsp3) is 0.417. The van der Waals surface area contributed by atoms with E-state index in [0.29, 0.717) is 4.47 Å². The fourth-order valence-electron chi connectivity index (χ4n) is 1.39. The molecule has 0 bridgehead atoms. The molecule has 0 N–H and O–H groups in total. The van der Waals surface area contributed by atoms with Crippen molar-refractivity contribution in [3.8, 4) is 0 Å². The van der Waals surface area contributed by atoms with Gasteiger partial charge in [-0.2, -0.15) is 0 Å². The molecule has 0 radical (unpaired) electrons. The predicted octanol–water partition coefficient (Wildman–Crippen LogP) is 3.61. The molecule has 0 saturated heterocycles. The Labute approximate surface area is 141 Å². The Morgan fingerprint density at radius 2 is 1.95 bits per heavy atom. The molecular formula is C12H13BrCl2O5S. The van der Waals surface area contributed by atoms with Crippen LogP contribution in [0.15, 0.2) is 21.5 Å². The number of hydrogen-bond acceptors (Lipinski definition) is 5. The average molecular weight is 420 g/mol. The zero-order chi connectivity index (χ0) is 16.2. The maximum atomic E-state index is 11.9. The van der Waals surface area contributed by atoms with E-state index in [-0.39, 0.29) is 34.8 Å². The second-order valence-corrected chi connectivity index (χ2v) is 8.09. The van der Waals surface area contributed by atoms with Crippen molar-refractivity contribution < 1.29 is 22.7 Å². The molecule has 0 unspecified atom stereocenters. The number of esters is 1. The highest BCUT2D eigenvalue weighted by atomic mass is 79.9. The normalized spacial score (nSPS) is 11.7. The van der Waals surface area contributed by atoms with Crippen LogP contribution in [0, 0.1) is 0 Å². The maximum Gasteiger partial charge on any atom is 0.339 e. The molecule has 0 saturated carbocycles. The Morgan fingerprint density at radius 1 is 1.33 bits per heavy atom. The third-order valence-electron chi connectivity index (χ3n) is 2.25. The highest BCUT2D eigenvalue weighted by molar-refractivity contribution is 9.10. The molecule has 118 valence electrons. The van der Waals surface area contributed by atoms with Crippen molar-refractivity contribution in [1.29, 1.82) is 0 Å². The monoisotopic (exact) mass is 418 g/mol. The van der Waals surface area contributed by atoms with Crippen molar-refractivity contribution in [3.05, 3.63) is 27.2 Å². The smallest absolute Gasteiger partial charge is 0.339 e. The van der Waals surface area contributed by atoms with Gasteiger partial charge in [0.05, 0.1) is 23.3 Å². The summed E-state index contributed by atoms with van der Waals surface area (Å²) < 4.78 is 33.4. The standard InChI is InChI=1S/C12H13BrCl2O5S/c1-7(2)19-3-4-20-12(16)9-5-8(13)6-10(11(9)14)21(15,17)18/h5-7H,3-4H2,1-2H3. The van der Waals surface area contributed by atoms with Gasteiger partial charge in [-0.25, -0.2) is 13.2 Å². The van der Waals surface area contributed by atoms with Gasteiger partial charge < -0.3 is 9.47 Å². The summed E-state index contributed by atoms with van der Waals surface area (Å²) in [6.45, 7) is 3.97. The van der Waals surface area contributed by atoms with Gasteiger partial charge in [-0.15, -0.1) is 0 Å². The number of ether oxygens (including phenoxy) is 2. The van der Waals surface area contributed by atoms with Crippen LogP contribution in [0.3, 0.4) is 0 Å². The second-order valence-electron chi connectivity index (χ2n) is 4.26. The highest BCUT2D eigenvalue weighted by Gasteiger charge is 2.23. The number of rotatable bonds is 6. The predicted molar refractivity (Wildman–Crippen MR) is 83.6 cm³/mol. The Bertz CT molecular complexity index is 631. The topological polar surface area (TPSA) is 69.7 Å². The molecular weight excluding hydrogens is 407 g/mol. The molecule has 0 atom stereocenters. The van der Waals surface area contributed by atoms with Gasteiger partial charge in [0.25, 0.3) is 9.05 Å². The molecule has 5 nitrogen and oxygen atoms in total. The van der Waals surface area contributed by atoms with Crippen LogP contribution >= 0.6 is 38.2 Å². The van der Waals surface area contributed by atoms with Crippen molar-refractivity contribution in [2.75, 3.05) is 13.2 Å². The number of halogens is 3. The lowest BCUT2D eigenvalue weighted by atomic mass is 10.2. The molecule has 0 heterocycles. The van der Waals surface area contributed by atoms with Gasteiger partial charge in [0.1, 0.15) is 11.5 Å². The fourth-order valence-corrected chi connectivity index (χ4v) is 3.56. The molecule has 0 aliphatic heterocycles. The Morgan fingerprint density at radius 3 is 2.48 bits per heavy atom. The summed E-state index contributed by atoms with van der Waals surface area (Å²) in [5.74, 6) is -0.754. The van der Waals surface area contributed by atoms with Crippen LogP contribution in [0.5, 0.6) is 0 Å². The first-order valence-electron chi connectivity index (χ1n) is 5.85. The van der Waals surface area contributed by atoms with Crippen LogP contribution in [0.4, 0.5) is 0 Å². The van der Waals surface area contributed by atoms with Crippen LogP contribution < -0.4 is 0 Å². The molecule has 0 aliphatic carbocycles. The number of carbonyl (C=O) groups is 1. The van der Waals surface area contributed by atoms with Gasteiger partial charge in [0.15, 0.2) is 0 Å². The zero-order valence-corrected chi connectivity index (χ0v) is 15.1. The summed E-state index contributed by atoms with van der Waals surface area (Å²) in [5, 5.41) is -0.275. The van der Waals surface area contributed by atoms with Crippen molar-refractivity contribution in [2.45, 2.75) is 24.8 Å². The minimum atomic E-state index is -4.07. The quantitative estimate of drug-likeness (QED) is 0.400. The molecule has 9 heteroatoms. The third kappa shape index (κ3) is 5.75. The molecule has 0 aromatic heterocycles. The van der Waals surface area contributed by atoms with E-state index < -0.39 is 15.0 Å². The minimum absolute atomic E-state index is 0.0196. The van der Waals surface area contributed by atoms with Gasteiger partial charge in [0, 0.05) is 15.2 Å². The molecule has 1 rings (SSSR count). The van der Waals surface area contributed by atoms with Crippen molar-refractivity contribution in [3.63, 3.8) is 0 Å². The van der Waals surface area contributed by atoms with Crippen molar-refractivity contribution in [2.24, 2.45) is 0 Å². The first-order valence-corrected chi connectivity index (χ1v) is 9.33. The molecule has 1 aromatic carbocycles. The van der Waals surface area contributed by atoms with Gasteiger partial charge in [-0.3, -0.25) is 0 Å². The van der Waals surface area contributed by atoms with Gasteiger partial charge in [0.2, 0.25) is 0 Å². The summed E-state index contributed by atoms with van der Waals surface area (Å²) in [6, 6.07) is 2.57. The third-order valence-corrected chi connectivity index (χ3v) is 4.58. The van der Waals surface area contributed by atoms with E-state index in [1.54, 1.807) is 0 Å². The molecule has 0 fully saturated rings. The molecule has 1 aromatic rings. The number of carbonyl (C=O) groups excluding carboxylic acids is 1. The van der Waals surface area contributed by atoms with Crippen molar-refractivity contribution >= 4 is 53.2 Å². The number of benzene rings is 1. The summed E-state index contributed by atoms with van der Waals surface area (Å²) in [6.07, 6.45) is 0.0196. The van der Waals surface area contributed by atoms with Crippen LogP contribution in [0.25, 0.3) is 0 Å². The largest absolute Gasteiger partial charge is 0.460 e. The van der Waals surface area contributed by atoms with Crippen LogP contribution in [0.1, 0.15) is 24.2 Å². The van der Waals surface area contributed by atoms with Crippen LogP contribution in [0.2, 0.25) is 5.02 Å². The van der Waals surface area contributed by atoms with Gasteiger partial charge in [-0.1, -0.05) is 27.5 Å². The van der Waals surface area contributed by atoms with E-state index in [1.807, 2.05) is 13.8 Å². The lowest BCUT2D eigenvalue weighted by Crippen LogP contribution is -2.14. The van der Waals surface area contributed by atoms with Crippen molar-refractivity contribution in [1.82, 2.24) is 0 Å². The zero-order valence-electron chi connectivity index (χ0n) is 11.2. The molecule has 0 aliphatic rings. The molecule has 0 amide bonds. The first-order chi connectivity index (χ1) is 9.62. The van der Waals surface area contributed by atoms with E-state index in [2.05, 4.69) is 15.9 Å². The summed E-state index contributed by atoms with van der Waals surface area (Å²) in [7, 11) is 1.20. The van der Waals surface area contributed by atoms with E-state index >= 15 is 0 Å². The molecule has 0 spiro atoms. The average Bonchev–Trinajstić information content (AvgIpc) is 2.35. The summed E-state index contributed by atoms with van der Waals surface area (Å²) >= 11 is 9.00. The van der Waals surface area contributed by atoms with E-state index in [4.69, 9.17) is 31.8 Å².